The zero-order chi connectivity index (χ0) is 20.4. The Hall–Kier alpha value is -2.68. The first kappa shape index (κ1) is 20.1. The number of benzene rings is 1. The van der Waals surface area contributed by atoms with Crippen molar-refractivity contribution < 1.29 is 38.1 Å². The Kier molecular flexibility index (Phi) is 5.55. The first-order chi connectivity index (χ1) is 13.3. The summed E-state index contributed by atoms with van der Waals surface area (Å²) in [6.07, 6.45) is 0.408. The lowest BCUT2D eigenvalue weighted by molar-refractivity contribution is -0.195. The Bertz CT molecular complexity index is 814. The second-order valence-corrected chi connectivity index (χ2v) is 6.83. The van der Waals surface area contributed by atoms with Crippen LogP contribution in [-0.2, 0) is 29.3 Å². The molecule has 1 aliphatic heterocycles. The van der Waals surface area contributed by atoms with Crippen molar-refractivity contribution in [3.05, 3.63) is 60.1 Å². The van der Waals surface area contributed by atoms with Gasteiger partial charge < -0.3 is 28.5 Å². The Balaban J connectivity index is 1.85. The average Bonchev–Trinajstić information content (AvgIpc) is 3.33. The molecule has 1 N–H and O–H groups in total. The van der Waals surface area contributed by atoms with Crippen LogP contribution in [0.4, 0.5) is 0 Å². The molecule has 1 aromatic heterocycles. The van der Waals surface area contributed by atoms with Crippen LogP contribution in [0.15, 0.2) is 53.3 Å². The molecule has 8 heteroatoms. The standard InChI is InChI=1S/C20H22O8/c1-19(2)27-15(12-26-17(21)13-7-5-4-6-8-13)16(28-19)20(23,18(22)24-3)14-9-10-25-11-14/h4-11,15-16,23H,12H2,1-3H3/t15-,16+,20?/m0/s1. The second kappa shape index (κ2) is 7.75. The van der Waals surface area contributed by atoms with Crippen molar-refractivity contribution in [1.82, 2.24) is 0 Å². The zero-order valence-corrected chi connectivity index (χ0v) is 15.8. The molecule has 1 aromatic carbocycles. The van der Waals surface area contributed by atoms with E-state index in [1.54, 1.807) is 44.2 Å². The van der Waals surface area contributed by atoms with E-state index in [0.29, 0.717) is 5.56 Å². The van der Waals surface area contributed by atoms with Crippen LogP contribution >= 0.6 is 0 Å². The van der Waals surface area contributed by atoms with Gasteiger partial charge in [0.05, 0.1) is 25.2 Å². The minimum Gasteiger partial charge on any atom is -0.472 e. The SMILES string of the molecule is COC(=O)C(O)(c1ccoc1)[C@@H]1OC(C)(C)O[C@H]1COC(=O)c1ccccc1. The van der Waals surface area contributed by atoms with E-state index in [1.165, 1.54) is 18.6 Å². The number of rotatable bonds is 6. The summed E-state index contributed by atoms with van der Waals surface area (Å²) in [6.45, 7) is 3.02. The molecule has 1 aliphatic rings. The van der Waals surface area contributed by atoms with E-state index in [0.717, 1.165) is 7.11 Å². The first-order valence-corrected chi connectivity index (χ1v) is 8.69. The summed E-state index contributed by atoms with van der Waals surface area (Å²) in [5.41, 5.74) is -1.69. The van der Waals surface area contributed by atoms with Crippen LogP contribution in [0.1, 0.15) is 29.8 Å². The van der Waals surface area contributed by atoms with Crippen molar-refractivity contribution in [3.8, 4) is 0 Å². The van der Waals surface area contributed by atoms with E-state index in [-0.39, 0.29) is 12.2 Å². The van der Waals surface area contributed by atoms with E-state index in [2.05, 4.69) is 0 Å². The number of carbonyl (C=O) groups is 2. The fraction of sp³-hybridized carbons (Fsp3) is 0.400. The lowest BCUT2D eigenvalue weighted by Gasteiger charge is -2.32. The predicted molar refractivity (Wildman–Crippen MR) is 95.2 cm³/mol. The maximum Gasteiger partial charge on any atom is 0.345 e. The van der Waals surface area contributed by atoms with Gasteiger partial charge in [-0.25, -0.2) is 9.59 Å². The first-order valence-electron chi connectivity index (χ1n) is 8.69. The number of furan rings is 1. The van der Waals surface area contributed by atoms with Gasteiger partial charge in [0.15, 0.2) is 5.79 Å². The van der Waals surface area contributed by atoms with Gasteiger partial charge in [-0.1, -0.05) is 18.2 Å². The van der Waals surface area contributed by atoms with Crippen molar-refractivity contribution in [1.29, 1.82) is 0 Å². The predicted octanol–water partition coefficient (Wildman–Crippen LogP) is 2.02. The normalized spacial score (nSPS) is 23.0. The number of esters is 2. The summed E-state index contributed by atoms with van der Waals surface area (Å²) < 4.78 is 26.7. The summed E-state index contributed by atoms with van der Waals surface area (Å²) in [5.74, 6) is -2.63. The molecule has 0 aliphatic carbocycles. The highest BCUT2D eigenvalue weighted by atomic mass is 16.8. The molecule has 0 radical (unpaired) electrons. The number of carbonyl (C=O) groups excluding carboxylic acids is 2. The summed E-state index contributed by atoms with van der Waals surface area (Å²) in [7, 11) is 1.15. The monoisotopic (exact) mass is 390 g/mol. The lowest BCUT2D eigenvalue weighted by Crippen LogP contribution is -2.52. The van der Waals surface area contributed by atoms with Crippen LogP contribution in [0.3, 0.4) is 0 Å². The maximum absolute atomic E-state index is 12.5. The fourth-order valence-corrected chi connectivity index (χ4v) is 3.16. The Morgan fingerprint density at radius 2 is 1.89 bits per heavy atom. The number of ether oxygens (including phenoxy) is 4. The molecule has 1 saturated heterocycles. The van der Waals surface area contributed by atoms with Gasteiger partial charge in [0, 0.05) is 5.56 Å². The van der Waals surface area contributed by atoms with Gasteiger partial charge in [-0.2, -0.15) is 0 Å². The molecule has 3 atom stereocenters. The molecular weight excluding hydrogens is 368 g/mol. The van der Waals surface area contributed by atoms with Gasteiger partial charge in [0.25, 0.3) is 0 Å². The topological polar surface area (TPSA) is 104 Å². The molecule has 3 rings (SSSR count). The largest absolute Gasteiger partial charge is 0.472 e. The third-order valence-electron chi connectivity index (χ3n) is 4.44. The van der Waals surface area contributed by atoms with E-state index in [1.807, 2.05) is 0 Å². The minimum atomic E-state index is -2.21. The molecule has 8 nitrogen and oxygen atoms in total. The molecule has 2 aromatic rings. The van der Waals surface area contributed by atoms with Gasteiger partial charge in [-0.15, -0.1) is 0 Å². The minimum absolute atomic E-state index is 0.144. The smallest absolute Gasteiger partial charge is 0.345 e. The number of hydrogen-bond donors (Lipinski definition) is 1. The quantitative estimate of drug-likeness (QED) is 0.747. The van der Waals surface area contributed by atoms with Gasteiger partial charge in [-0.3, -0.25) is 0 Å². The van der Waals surface area contributed by atoms with E-state index in [9.17, 15) is 14.7 Å². The van der Waals surface area contributed by atoms with Crippen LogP contribution in [0.25, 0.3) is 0 Å². The van der Waals surface area contributed by atoms with E-state index < -0.39 is 35.5 Å². The zero-order valence-electron chi connectivity index (χ0n) is 15.8. The molecule has 0 bridgehead atoms. The summed E-state index contributed by atoms with van der Waals surface area (Å²) in [5, 5.41) is 11.2. The molecule has 28 heavy (non-hydrogen) atoms. The fourth-order valence-electron chi connectivity index (χ4n) is 3.16. The Morgan fingerprint density at radius 1 is 1.18 bits per heavy atom. The third kappa shape index (κ3) is 3.80. The van der Waals surface area contributed by atoms with Crippen LogP contribution in [-0.4, -0.2) is 48.8 Å². The van der Waals surface area contributed by atoms with E-state index in [4.69, 9.17) is 23.4 Å². The maximum atomic E-state index is 12.5. The van der Waals surface area contributed by atoms with Crippen LogP contribution in [0.5, 0.6) is 0 Å². The van der Waals surface area contributed by atoms with Crippen LogP contribution in [0.2, 0.25) is 0 Å². The van der Waals surface area contributed by atoms with Crippen molar-refractivity contribution >= 4 is 11.9 Å². The molecule has 0 amide bonds. The number of methoxy groups -OCH3 is 1. The average molecular weight is 390 g/mol. The van der Waals surface area contributed by atoms with Gasteiger partial charge >= 0.3 is 11.9 Å². The highest BCUT2D eigenvalue weighted by Gasteiger charge is 2.58. The highest BCUT2D eigenvalue weighted by molar-refractivity contribution is 5.89. The van der Waals surface area contributed by atoms with Crippen molar-refractivity contribution in [2.45, 2.75) is 37.4 Å². The number of aliphatic hydroxyl groups is 1. The van der Waals surface area contributed by atoms with Crippen molar-refractivity contribution in [3.63, 3.8) is 0 Å². The molecule has 2 heterocycles. The van der Waals surface area contributed by atoms with Gasteiger partial charge in [-0.05, 0) is 32.0 Å². The lowest BCUT2D eigenvalue weighted by atomic mass is 9.87. The molecule has 0 saturated carbocycles. The molecule has 150 valence electrons. The van der Waals surface area contributed by atoms with Gasteiger partial charge in [0.2, 0.25) is 5.60 Å². The molecule has 1 fully saturated rings. The Labute approximate surface area is 161 Å². The summed E-state index contributed by atoms with van der Waals surface area (Å²) >= 11 is 0. The number of hydrogen-bond acceptors (Lipinski definition) is 8. The molecule has 0 spiro atoms. The van der Waals surface area contributed by atoms with Crippen LogP contribution < -0.4 is 0 Å². The molecular formula is C20H22O8. The van der Waals surface area contributed by atoms with E-state index >= 15 is 0 Å². The molecule has 1 unspecified atom stereocenters. The summed E-state index contributed by atoms with van der Waals surface area (Å²) in [4.78, 5) is 24.7. The Morgan fingerprint density at radius 3 is 2.50 bits per heavy atom. The second-order valence-electron chi connectivity index (χ2n) is 6.83. The third-order valence-corrected chi connectivity index (χ3v) is 4.44. The van der Waals surface area contributed by atoms with Crippen LogP contribution in [0, 0.1) is 0 Å². The van der Waals surface area contributed by atoms with Gasteiger partial charge in [0.1, 0.15) is 18.8 Å². The summed E-state index contributed by atoms with van der Waals surface area (Å²) in [6, 6.07) is 9.88. The highest BCUT2D eigenvalue weighted by Crippen LogP contribution is 2.40. The van der Waals surface area contributed by atoms with Crippen molar-refractivity contribution in [2.24, 2.45) is 0 Å². The van der Waals surface area contributed by atoms with Crippen molar-refractivity contribution in [2.75, 3.05) is 13.7 Å².